The molecule has 0 atom stereocenters. The molecule has 25 heavy (non-hydrogen) atoms. The molecule has 1 N–H and O–H groups in total. The van der Waals surface area contributed by atoms with Gasteiger partial charge in [-0.3, -0.25) is 4.79 Å². The Hall–Kier alpha value is -1.62. The second kappa shape index (κ2) is 8.65. The highest BCUT2D eigenvalue weighted by Crippen LogP contribution is 2.38. The molecule has 2 aromatic rings. The monoisotopic (exact) mass is 377 g/mol. The Morgan fingerprint density at radius 2 is 2.00 bits per heavy atom. The van der Waals surface area contributed by atoms with Crippen LogP contribution in [0.3, 0.4) is 0 Å². The molecule has 0 bridgehead atoms. The molecule has 3 nitrogen and oxygen atoms in total. The number of carboxylic acids is 1. The predicted molar refractivity (Wildman–Crippen MR) is 107 cm³/mol. The van der Waals surface area contributed by atoms with Gasteiger partial charge in [-0.05, 0) is 61.7 Å². The minimum atomic E-state index is -0.759. The van der Waals surface area contributed by atoms with Gasteiger partial charge >= 0.3 is 5.97 Å². The number of carboxylic acid groups (broad SMARTS) is 1. The maximum atomic E-state index is 11.1. The van der Waals surface area contributed by atoms with Crippen LogP contribution in [-0.4, -0.2) is 36.6 Å². The first-order valence-electron chi connectivity index (χ1n) is 8.31. The topological polar surface area (TPSA) is 40.5 Å². The van der Waals surface area contributed by atoms with E-state index in [-0.39, 0.29) is 18.8 Å². The fourth-order valence-electron chi connectivity index (χ4n) is 3.22. The van der Waals surface area contributed by atoms with Gasteiger partial charge in [-0.15, -0.1) is 23.7 Å². The normalized spacial score (nSPS) is 14.6. The molecule has 5 heteroatoms. The first kappa shape index (κ1) is 19.7. The number of aryl methyl sites for hydroxylation is 2. The lowest BCUT2D eigenvalue weighted by atomic mass is 9.95. The van der Waals surface area contributed by atoms with Crippen molar-refractivity contribution in [2.24, 2.45) is 0 Å². The van der Waals surface area contributed by atoms with E-state index in [9.17, 15) is 4.79 Å². The summed E-state index contributed by atoms with van der Waals surface area (Å²) in [6.07, 6.45) is 5.42. The van der Waals surface area contributed by atoms with Crippen LogP contribution in [0.5, 0.6) is 0 Å². The molecule has 1 aromatic carbocycles. The molecule has 1 heterocycles. The highest BCUT2D eigenvalue weighted by atomic mass is 35.5. The number of carbonyl (C=O) groups is 1. The Balaban J connectivity index is 0.00000225. The van der Waals surface area contributed by atoms with E-state index >= 15 is 0 Å². The average Bonchev–Trinajstić information content (AvgIpc) is 2.85. The van der Waals surface area contributed by atoms with Crippen molar-refractivity contribution < 1.29 is 9.90 Å². The van der Waals surface area contributed by atoms with Crippen LogP contribution >= 0.6 is 23.7 Å². The highest BCUT2D eigenvalue weighted by Gasteiger charge is 2.21. The van der Waals surface area contributed by atoms with Crippen molar-refractivity contribution in [1.29, 1.82) is 0 Å². The van der Waals surface area contributed by atoms with Gasteiger partial charge in [-0.2, -0.15) is 0 Å². The van der Waals surface area contributed by atoms with E-state index in [0.29, 0.717) is 0 Å². The van der Waals surface area contributed by atoms with Crippen molar-refractivity contribution in [3.05, 3.63) is 62.9 Å². The molecule has 134 valence electrons. The van der Waals surface area contributed by atoms with Gasteiger partial charge in [0, 0.05) is 16.3 Å². The van der Waals surface area contributed by atoms with Gasteiger partial charge in [0.15, 0.2) is 0 Å². The molecular weight excluding hydrogens is 354 g/mol. The molecule has 0 saturated heterocycles. The van der Waals surface area contributed by atoms with E-state index in [2.05, 4.69) is 55.4 Å². The van der Waals surface area contributed by atoms with Gasteiger partial charge in [0.25, 0.3) is 0 Å². The van der Waals surface area contributed by atoms with Crippen molar-refractivity contribution in [2.75, 3.05) is 20.6 Å². The van der Waals surface area contributed by atoms with E-state index in [1.165, 1.54) is 27.1 Å². The number of halogens is 1. The molecule has 0 spiro atoms. The molecule has 1 aliphatic carbocycles. The number of aliphatic carboxylic acids is 1. The number of benzene rings is 1. The Morgan fingerprint density at radius 1 is 1.24 bits per heavy atom. The maximum absolute atomic E-state index is 11.1. The number of nitrogens with zero attached hydrogens (tertiary/aromatic N) is 1. The van der Waals surface area contributed by atoms with Crippen LogP contribution in [0.4, 0.5) is 0 Å². The highest BCUT2D eigenvalue weighted by molar-refractivity contribution is 7.12. The second-order valence-corrected chi connectivity index (χ2v) is 7.71. The molecule has 3 rings (SSSR count). The lowest BCUT2D eigenvalue weighted by Crippen LogP contribution is -2.12. The molecule has 1 aromatic heterocycles. The van der Waals surface area contributed by atoms with Crippen LogP contribution in [0, 0.1) is 0 Å². The molecule has 0 fully saturated rings. The summed E-state index contributed by atoms with van der Waals surface area (Å²) in [7, 11) is 4.17. The maximum Gasteiger partial charge on any atom is 0.308 e. The Kier molecular flexibility index (Phi) is 6.82. The third kappa shape index (κ3) is 4.72. The average molecular weight is 378 g/mol. The summed E-state index contributed by atoms with van der Waals surface area (Å²) in [6.45, 7) is 1.01. The standard InChI is InChI=1S/C20H23NO2S.ClH/c1-21(2)11-5-8-17-16-7-4-3-6-14(16)9-10-19-18(17)12-15(24-19)13-20(22)23;/h3-4,6-8,12H,5,9-11,13H2,1-2H3,(H,22,23);1H/b17-8+;. The summed E-state index contributed by atoms with van der Waals surface area (Å²) < 4.78 is 0. The molecule has 1 aliphatic rings. The number of hydrogen-bond donors (Lipinski definition) is 1. The molecule has 0 saturated carbocycles. The fourth-order valence-corrected chi connectivity index (χ4v) is 4.39. The molecule has 0 unspecified atom stereocenters. The van der Waals surface area contributed by atoms with Gasteiger partial charge in [0.05, 0.1) is 6.42 Å². The van der Waals surface area contributed by atoms with Gasteiger partial charge in [-0.1, -0.05) is 30.3 Å². The Morgan fingerprint density at radius 3 is 2.72 bits per heavy atom. The van der Waals surface area contributed by atoms with E-state index in [1.54, 1.807) is 11.3 Å². The van der Waals surface area contributed by atoms with Gasteiger partial charge in [0.2, 0.25) is 0 Å². The zero-order valence-corrected chi connectivity index (χ0v) is 16.3. The second-order valence-electron chi connectivity index (χ2n) is 6.49. The van der Waals surface area contributed by atoms with E-state index < -0.39 is 5.97 Å². The van der Waals surface area contributed by atoms with E-state index in [4.69, 9.17) is 5.11 Å². The van der Waals surface area contributed by atoms with Crippen LogP contribution in [0.2, 0.25) is 0 Å². The number of rotatable bonds is 5. The largest absolute Gasteiger partial charge is 0.481 e. The third-order valence-electron chi connectivity index (χ3n) is 4.33. The van der Waals surface area contributed by atoms with Crippen molar-refractivity contribution in [2.45, 2.75) is 25.7 Å². The van der Waals surface area contributed by atoms with Crippen LogP contribution < -0.4 is 0 Å². The Labute approximate surface area is 159 Å². The van der Waals surface area contributed by atoms with Crippen LogP contribution in [-0.2, 0) is 24.1 Å². The molecule has 0 aliphatic heterocycles. The van der Waals surface area contributed by atoms with Crippen LogP contribution in [0.25, 0.3) is 5.57 Å². The zero-order chi connectivity index (χ0) is 17.1. The summed E-state index contributed by atoms with van der Waals surface area (Å²) in [5.74, 6) is -0.759. The van der Waals surface area contributed by atoms with E-state index in [0.717, 1.165) is 30.7 Å². The minimum absolute atomic E-state index is 0. The summed E-state index contributed by atoms with van der Waals surface area (Å²) in [4.78, 5) is 15.5. The summed E-state index contributed by atoms with van der Waals surface area (Å²) in [5, 5.41) is 9.10. The minimum Gasteiger partial charge on any atom is -0.481 e. The lowest BCUT2D eigenvalue weighted by Gasteiger charge is -2.11. The van der Waals surface area contributed by atoms with Crippen molar-refractivity contribution in [3.8, 4) is 0 Å². The van der Waals surface area contributed by atoms with E-state index in [1.807, 2.05) is 0 Å². The van der Waals surface area contributed by atoms with Gasteiger partial charge in [-0.25, -0.2) is 0 Å². The lowest BCUT2D eigenvalue weighted by molar-refractivity contribution is -0.136. The Bertz CT molecular complexity index is 780. The van der Waals surface area contributed by atoms with Gasteiger partial charge in [0.1, 0.15) is 0 Å². The SMILES string of the molecule is CN(C)CC/C=C1\c2ccccc2CCc2sc(CC(=O)O)cc21.Cl. The first-order chi connectivity index (χ1) is 11.5. The smallest absolute Gasteiger partial charge is 0.308 e. The number of hydrogen-bond acceptors (Lipinski definition) is 3. The van der Waals surface area contributed by atoms with Crippen molar-refractivity contribution in [3.63, 3.8) is 0 Å². The zero-order valence-electron chi connectivity index (χ0n) is 14.6. The van der Waals surface area contributed by atoms with Crippen molar-refractivity contribution in [1.82, 2.24) is 4.90 Å². The van der Waals surface area contributed by atoms with Crippen molar-refractivity contribution >= 4 is 35.3 Å². The van der Waals surface area contributed by atoms with Crippen LogP contribution in [0.15, 0.2) is 36.4 Å². The molecule has 0 amide bonds. The first-order valence-corrected chi connectivity index (χ1v) is 9.13. The molecule has 0 radical (unpaired) electrons. The predicted octanol–water partition coefficient (Wildman–Crippen LogP) is 4.28. The summed E-state index contributed by atoms with van der Waals surface area (Å²) in [6, 6.07) is 10.7. The molecular formula is C20H24ClNO2S. The number of thiophene rings is 1. The van der Waals surface area contributed by atoms with Crippen LogP contribution in [0.1, 0.15) is 32.9 Å². The summed E-state index contributed by atoms with van der Waals surface area (Å²) in [5.41, 5.74) is 5.19. The van der Waals surface area contributed by atoms with Gasteiger partial charge < -0.3 is 10.0 Å². The summed E-state index contributed by atoms with van der Waals surface area (Å²) >= 11 is 1.66. The fraction of sp³-hybridized carbons (Fsp3) is 0.350. The number of fused-ring (bicyclic) bond motifs is 2. The third-order valence-corrected chi connectivity index (χ3v) is 5.52. The quantitative estimate of drug-likeness (QED) is 0.845.